The highest BCUT2D eigenvalue weighted by Gasteiger charge is 2.37. The number of carbonyl (C=O) groups excluding carboxylic acids is 2. The Morgan fingerprint density at radius 3 is 2.07 bits per heavy atom. The molecule has 0 bridgehead atoms. The Morgan fingerprint density at radius 2 is 1.57 bits per heavy atom. The summed E-state index contributed by atoms with van der Waals surface area (Å²) < 4.78 is 0. The smallest absolute Gasteiger partial charge is 0.242 e. The molecule has 0 unspecified atom stereocenters. The Hall–Kier alpha value is -2.66. The number of hydrogen-bond acceptors (Lipinski definition) is 3. The molecule has 3 rings (SSSR count). The van der Waals surface area contributed by atoms with E-state index < -0.39 is 12.1 Å². The summed E-state index contributed by atoms with van der Waals surface area (Å²) >= 11 is 0. The van der Waals surface area contributed by atoms with Gasteiger partial charge in [-0.15, -0.1) is 0 Å². The largest absolute Gasteiger partial charge is 0.391 e. The molecular formula is C23H28N2O3. The summed E-state index contributed by atoms with van der Waals surface area (Å²) in [6.45, 7) is 2.19. The maximum atomic E-state index is 12.7. The van der Waals surface area contributed by atoms with Crippen LogP contribution in [0.5, 0.6) is 0 Å². The number of rotatable bonds is 7. The van der Waals surface area contributed by atoms with E-state index in [1.54, 1.807) is 0 Å². The summed E-state index contributed by atoms with van der Waals surface area (Å²) in [5.41, 5.74) is 2.47. The number of aliphatic hydroxyl groups excluding tert-OH is 1. The zero-order valence-electron chi connectivity index (χ0n) is 16.3. The molecule has 5 nitrogen and oxygen atoms in total. The molecule has 0 spiro atoms. The highest BCUT2D eigenvalue weighted by molar-refractivity contribution is 5.87. The number of amides is 2. The van der Waals surface area contributed by atoms with Crippen LogP contribution in [0.4, 0.5) is 0 Å². The molecule has 2 N–H and O–H groups in total. The Bertz CT molecular complexity index is 737. The minimum atomic E-state index is -0.635. The average Bonchev–Trinajstić information content (AvgIpc) is 3.10. The molecule has 0 saturated carbocycles. The van der Waals surface area contributed by atoms with Crippen molar-refractivity contribution in [2.75, 3.05) is 13.1 Å². The third-order valence-electron chi connectivity index (χ3n) is 5.29. The standard InChI is InChI=1S/C23H28N2O3/c1-17(26)25-16-21(27)14-22(25)23(28)24-15-20(12-18-8-4-2-5-9-18)13-19-10-6-3-7-11-19/h2-11,20-22,27H,12-16H2,1H3,(H,24,28)/t21-,22+/m1/s1. The van der Waals surface area contributed by atoms with E-state index in [0.29, 0.717) is 13.0 Å². The van der Waals surface area contributed by atoms with Gasteiger partial charge in [-0.25, -0.2) is 0 Å². The molecule has 148 valence electrons. The molecule has 2 atom stereocenters. The van der Waals surface area contributed by atoms with Gasteiger partial charge in [0, 0.05) is 26.4 Å². The van der Waals surface area contributed by atoms with Crippen molar-refractivity contribution >= 4 is 11.8 Å². The molecule has 1 saturated heterocycles. The SMILES string of the molecule is CC(=O)N1C[C@H](O)C[C@H]1C(=O)NCC(Cc1ccccc1)Cc1ccccc1. The minimum absolute atomic E-state index is 0.179. The summed E-state index contributed by atoms with van der Waals surface area (Å²) in [4.78, 5) is 25.9. The van der Waals surface area contributed by atoms with Crippen molar-refractivity contribution in [1.29, 1.82) is 0 Å². The first-order chi connectivity index (χ1) is 13.5. The van der Waals surface area contributed by atoms with Crippen molar-refractivity contribution in [3.8, 4) is 0 Å². The van der Waals surface area contributed by atoms with Crippen LogP contribution >= 0.6 is 0 Å². The van der Waals surface area contributed by atoms with Crippen molar-refractivity contribution in [3.63, 3.8) is 0 Å². The van der Waals surface area contributed by atoms with Crippen LogP contribution in [0.1, 0.15) is 24.5 Å². The predicted octanol–water partition coefficient (Wildman–Crippen LogP) is 2.19. The number of hydrogen-bond donors (Lipinski definition) is 2. The molecule has 2 amide bonds. The quantitative estimate of drug-likeness (QED) is 0.774. The van der Waals surface area contributed by atoms with Crippen LogP contribution in [0.25, 0.3) is 0 Å². The fourth-order valence-corrected chi connectivity index (χ4v) is 3.88. The molecule has 28 heavy (non-hydrogen) atoms. The molecule has 0 aliphatic carbocycles. The number of benzene rings is 2. The maximum Gasteiger partial charge on any atom is 0.242 e. The van der Waals surface area contributed by atoms with Gasteiger partial charge in [-0.05, 0) is 29.9 Å². The van der Waals surface area contributed by atoms with Gasteiger partial charge < -0.3 is 15.3 Å². The van der Waals surface area contributed by atoms with Crippen LogP contribution in [-0.4, -0.2) is 47.1 Å². The third kappa shape index (κ3) is 5.42. The molecule has 1 fully saturated rings. The summed E-state index contributed by atoms with van der Waals surface area (Å²) in [7, 11) is 0. The molecule has 2 aromatic rings. The van der Waals surface area contributed by atoms with Gasteiger partial charge in [0.2, 0.25) is 11.8 Å². The van der Waals surface area contributed by atoms with Gasteiger partial charge in [0.05, 0.1) is 6.10 Å². The summed E-state index contributed by atoms with van der Waals surface area (Å²) in [5.74, 6) is -0.120. The van der Waals surface area contributed by atoms with Gasteiger partial charge in [0.1, 0.15) is 6.04 Å². The number of likely N-dealkylation sites (tertiary alicyclic amines) is 1. The molecule has 5 heteroatoms. The van der Waals surface area contributed by atoms with Gasteiger partial charge in [-0.3, -0.25) is 9.59 Å². The van der Waals surface area contributed by atoms with Gasteiger partial charge in [-0.2, -0.15) is 0 Å². The fraction of sp³-hybridized carbons (Fsp3) is 0.391. The van der Waals surface area contributed by atoms with Crippen LogP contribution in [0.15, 0.2) is 60.7 Å². The second-order valence-electron chi connectivity index (χ2n) is 7.57. The van der Waals surface area contributed by atoms with Gasteiger partial charge >= 0.3 is 0 Å². The van der Waals surface area contributed by atoms with Crippen LogP contribution in [0, 0.1) is 5.92 Å². The van der Waals surface area contributed by atoms with E-state index in [9.17, 15) is 14.7 Å². The zero-order chi connectivity index (χ0) is 19.9. The first-order valence-corrected chi connectivity index (χ1v) is 9.83. The van der Waals surface area contributed by atoms with Crippen molar-refractivity contribution in [2.45, 2.75) is 38.3 Å². The van der Waals surface area contributed by atoms with E-state index >= 15 is 0 Å². The predicted molar refractivity (Wildman–Crippen MR) is 109 cm³/mol. The summed E-state index contributed by atoms with van der Waals surface area (Å²) in [6, 6.07) is 19.9. The summed E-state index contributed by atoms with van der Waals surface area (Å²) in [5, 5.41) is 12.9. The summed E-state index contributed by atoms with van der Waals surface area (Å²) in [6.07, 6.45) is 1.39. The van der Waals surface area contributed by atoms with Crippen molar-refractivity contribution < 1.29 is 14.7 Å². The number of aliphatic hydroxyl groups is 1. The molecule has 1 heterocycles. The Kier molecular flexibility index (Phi) is 6.82. The number of nitrogens with one attached hydrogen (secondary N) is 1. The van der Waals surface area contributed by atoms with E-state index in [4.69, 9.17) is 0 Å². The topological polar surface area (TPSA) is 69.6 Å². The van der Waals surface area contributed by atoms with Crippen LogP contribution in [0.3, 0.4) is 0 Å². The van der Waals surface area contributed by atoms with E-state index in [1.165, 1.54) is 23.0 Å². The molecular weight excluding hydrogens is 352 g/mol. The first kappa shape index (κ1) is 20.1. The lowest BCUT2D eigenvalue weighted by molar-refractivity contribution is -0.137. The molecule has 1 aliphatic rings. The number of carbonyl (C=O) groups is 2. The van der Waals surface area contributed by atoms with E-state index in [2.05, 4.69) is 29.6 Å². The fourth-order valence-electron chi connectivity index (χ4n) is 3.88. The Morgan fingerprint density at radius 1 is 1.04 bits per heavy atom. The number of nitrogens with zero attached hydrogens (tertiary/aromatic N) is 1. The monoisotopic (exact) mass is 380 g/mol. The Labute approximate surface area is 166 Å². The van der Waals surface area contributed by atoms with Crippen LogP contribution in [0.2, 0.25) is 0 Å². The maximum absolute atomic E-state index is 12.7. The van der Waals surface area contributed by atoms with E-state index in [-0.39, 0.29) is 24.3 Å². The lowest BCUT2D eigenvalue weighted by Crippen LogP contribution is -2.46. The van der Waals surface area contributed by atoms with E-state index in [0.717, 1.165) is 12.8 Å². The van der Waals surface area contributed by atoms with Crippen molar-refractivity contribution in [3.05, 3.63) is 71.8 Å². The lowest BCUT2D eigenvalue weighted by Gasteiger charge is -2.24. The van der Waals surface area contributed by atoms with Crippen molar-refractivity contribution in [1.82, 2.24) is 10.2 Å². The van der Waals surface area contributed by atoms with Gasteiger partial charge in [0.15, 0.2) is 0 Å². The van der Waals surface area contributed by atoms with Crippen LogP contribution in [-0.2, 0) is 22.4 Å². The molecule has 1 aliphatic heterocycles. The van der Waals surface area contributed by atoms with Crippen molar-refractivity contribution in [2.24, 2.45) is 5.92 Å². The first-order valence-electron chi connectivity index (χ1n) is 9.83. The second-order valence-corrected chi connectivity index (χ2v) is 7.57. The van der Waals surface area contributed by atoms with Gasteiger partial charge in [0.25, 0.3) is 0 Å². The van der Waals surface area contributed by atoms with E-state index in [1.807, 2.05) is 36.4 Å². The normalized spacial score (nSPS) is 19.0. The minimum Gasteiger partial charge on any atom is -0.391 e. The van der Waals surface area contributed by atoms with Gasteiger partial charge in [-0.1, -0.05) is 60.7 Å². The number of β-amino-alcohol motifs (C(OH)–C–C–N with tert-alkyl or cyclic N) is 1. The Balaban J connectivity index is 1.65. The molecule has 2 aromatic carbocycles. The molecule has 0 radical (unpaired) electrons. The highest BCUT2D eigenvalue weighted by atomic mass is 16.3. The molecule has 0 aromatic heterocycles. The average molecular weight is 380 g/mol. The third-order valence-corrected chi connectivity index (χ3v) is 5.29. The second kappa shape index (κ2) is 9.51. The highest BCUT2D eigenvalue weighted by Crippen LogP contribution is 2.19. The lowest BCUT2D eigenvalue weighted by atomic mass is 9.92. The van der Waals surface area contributed by atoms with Crippen LogP contribution < -0.4 is 5.32 Å². The zero-order valence-corrected chi connectivity index (χ0v) is 16.3.